The van der Waals surface area contributed by atoms with Crippen LogP contribution in [-0.2, 0) is 14.4 Å². The Morgan fingerprint density at radius 3 is 2.03 bits per heavy atom. The number of Topliss-reactive ketones (excluding diaryl/α,β-unsaturated/α-hetero) is 3. The van der Waals surface area contributed by atoms with Crippen molar-refractivity contribution in [3.8, 4) is 17.1 Å². The highest BCUT2D eigenvalue weighted by atomic mass is 32.2. The molecule has 9 heteroatoms. The van der Waals surface area contributed by atoms with Gasteiger partial charge in [-0.05, 0) is 64.1 Å². The summed E-state index contributed by atoms with van der Waals surface area (Å²) in [6.45, 7) is 4.65. The van der Waals surface area contributed by atoms with Crippen LogP contribution in [0.25, 0.3) is 11.3 Å². The number of aliphatic hydroxyl groups is 3. The highest BCUT2D eigenvalue weighted by molar-refractivity contribution is 8.00. The molecule has 1 aromatic heterocycles. The summed E-state index contributed by atoms with van der Waals surface area (Å²) in [5.41, 5.74) is -9.32. The Labute approximate surface area is 183 Å². The normalized spacial score (nSPS) is 30.6. The molecular weight excluding hydrogens is 424 g/mol. The van der Waals surface area contributed by atoms with E-state index < -0.39 is 45.3 Å². The summed E-state index contributed by atoms with van der Waals surface area (Å²) >= 11 is 0.758. The van der Waals surface area contributed by atoms with E-state index in [-0.39, 0.29) is 5.75 Å². The summed E-state index contributed by atoms with van der Waals surface area (Å²) in [6, 6.07) is 10.2. The van der Waals surface area contributed by atoms with Crippen molar-refractivity contribution in [2.45, 2.75) is 49.9 Å². The Morgan fingerprint density at radius 2 is 1.58 bits per heavy atom. The van der Waals surface area contributed by atoms with E-state index in [0.717, 1.165) is 43.9 Å². The zero-order valence-electron chi connectivity index (χ0n) is 17.5. The average Bonchev–Trinajstić information content (AvgIpc) is 3.14. The number of thioether (sulfide) groups is 1. The van der Waals surface area contributed by atoms with Crippen LogP contribution in [0.4, 0.5) is 0 Å². The number of ketones is 3. The van der Waals surface area contributed by atoms with Gasteiger partial charge in [0.1, 0.15) is 17.3 Å². The van der Waals surface area contributed by atoms with Crippen LogP contribution in [0.1, 0.15) is 26.5 Å². The number of carbonyl (C=O) groups is 3. The van der Waals surface area contributed by atoms with Gasteiger partial charge >= 0.3 is 0 Å². The van der Waals surface area contributed by atoms with Gasteiger partial charge in [-0.3, -0.25) is 14.4 Å². The SMILES string of the molecule is CC(=O)[C@]1(O)[C@@](O)(C(C)=O)CS[C@H](Oc2ccc(-c3ccc(C)o3)cc2)[C@@]1(O)C(C)=O. The molecule has 0 bridgehead atoms. The van der Waals surface area contributed by atoms with E-state index in [1.54, 1.807) is 24.3 Å². The monoisotopic (exact) mass is 448 g/mol. The lowest BCUT2D eigenvalue weighted by molar-refractivity contribution is -0.236. The third-order valence-corrected chi connectivity index (χ3v) is 7.01. The first-order valence-corrected chi connectivity index (χ1v) is 10.6. The molecule has 0 saturated carbocycles. The van der Waals surface area contributed by atoms with Crippen LogP contribution in [0.15, 0.2) is 40.8 Å². The van der Waals surface area contributed by atoms with Crippen LogP contribution < -0.4 is 4.74 Å². The second-order valence-electron chi connectivity index (χ2n) is 7.70. The fraction of sp³-hybridized carbons (Fsp3) is 0.409. The van der Waals surface area contributed by atoms with Crippen molar-refractivity contribution in [1.29, 1.82) is 0 Å². The predicted octanol–water partition coefficient (Wildman–Crippen LogP) is 1.67. The summed E-state index contributed by atoms with van der Waals surface area (Å²) < 4.78 is 11.3. The highest BCUT2D eigenvalue weighted by Crippen LogP contribution is 2.49. The van der Waals surface area contributed by atoms with Crippen LogP contribution >= 0.6 is 11.8 Å². The van der Waals surface area contributed by atoms with E-state index in [1.807, 2.05) is 19.1 Å². The summed E-state index contributed by atoms with van der Waals surface area (Å²) in [5.74, 6) is -1.92. The first kappa shape index (κ1) is 23.2. The molecule has 2 aromatic rings. The van der Waals surface area contributed by atoms with Crippen molar-refractivity contribution >= 4 is 29.1 Å². The summed E-state index contributed by atoms with van der Waals surface area (Å²) in [7, 11) is 0. The van der Waals surface area contributed by atoms with Crippen molar-refractivity contribution < 1.29 is 38.9 Å². The molecule has 2 heterocycles. The zero-order valence-corrected chi connectivity index (χ0v) is 18.4. The molecule has 1 fully saturated rings. The Bertz CT molecular complexity index is 1030. The molecule has 3 rings (SSSR count). The maximum Gasteiger partial charge on any atom is 0.208 e. The lowest BCUT2D eigenvalue weighted by atomic mass is 9.65. The Balaban J connectivity index is 1.98. The molecule has 0 spiro atoms. The number of rotatable bonds is 6. The number of benzene rings is 1. The van der Waals surface area contributed by atoms with Gasteiger partial charge < -0.3 is 24.5 Å². The minimum Gasteiger partial charge on any atom is -0.476 e. The molecule has 1 aromatic carbocycles. The molecule has 0 amide bonds. The minimum atomic E-state index is -3.08. The van der Waals surface area contributed by atoms with E-state index in [1.165, 1.54) is 0 Å². The largest absolute Gasteiger partial charge is 0.476 e. The van der Waals surface area contributed by atoms with Gasteiger partial charge in [0.25, 0.3) is 0 Å². The Kier molecular flexibility index (Phi) is 5.92. The van der Waals surface area contributed by atoms with Gasteiger partial charge in [0, 0.05) is 11.3 Å². The first-order valence-electron chi connectivity index (χ1n) is 9.53. The highest BCUT2D eigenvalue weighted by Gasteiger charge is 2.75. The number of aryl methyl sites for hydroxylation is 1. The van der Waals surface area contributed by atoms with Gasteiger partial charge in [-0.2, -0.15) is 0 Å². The van der Waals surface area contributed by atoms with Gasteiger partial charge in [-0.15, -0.1) is 11.8 Å². The number of carbonyl (C=O) groups excluding carboxylic acids is 3. The summed E-state index contributed by atoms with van der Waals surface area (Å²) in [4.78, 5) is 37.1. The second kappa shape index (κ2) is 7.90. The fourth-order valence-corrected chi connectivity index (χ4v) is 5.34. The lowest BCUT2D eigenvalue weighted by Gasteiger charge is -2.54. The van der Waals surface area contributed by atoms with Gasteiger partial charge in [0.05, 0.1) is 0 Å². The Hall–Kier alpha value is -2.46. The molecule has 1 aliphatic rings. The van der Waals surface area contributed by atoms with E-state index in [4.69, 9.17) is 9.15 Å². The molecule has 0 unspecified atom stereocenters. The molecule has 1 saturated heterocycles. The fourth-order valence-electron chi connectivity index (χ4n) is 3.77. The molecule has 31 heavy (non-hydrogen) atoms. The van der Waals surface area contributed by atoms with Crippen molar-refractivity contribution in [3.05, 3.63) is 42.2 Å². The molecule has 4 atom stereocenters. The summed E-state index contributed by atoms with van der Waals surface area (Å²) in [5, 5.41) is 33.3. The molecular formula is C22H24O8S. The van der Waals surface area contributed by atoms with Gasteiger partial charge in [0.15, 0.2) is 34.0 Å². The average molecular weight is 448 g/mol. The van der Waals surface area contributed by atoms with E-state index >= 15 is 0 Å². The zero-order chi connectivity index (χ0) is 23.2. The van der Waals surface area contributed by atoms with Crippen LogP contribution in [0, 0.1) is 6.92 Å². The van der Waals surface area contributed by atoms with Crippen molar-refractivity contribution in [2.75, 3.05) is 5.75 Å². The van der Waals surface area contributed by atoms with Crippen molar-refractivity contribution in [2.24, 2.45) is 0 Å². The van der Waals surface area contributed by atoms with Crippen LogP contribution in [0.3, 0.4) is 0 Å². The number of ether oxygens (including phenoxy) is 1. The van der Waals surface area contributed by atoms with Gasteiger partial charge in [-0.1, -0.05) is 0 Å². The van der Waals surface area contributed by atoms with E-state index in [2.05, 4.69) is 0 Å². The van der Waals surface area contributed by atoms with E-state index in [0.29, 0.717) is 5.76 Å². The topological polar surface area (TPSA) is 134 Å². The van der Waals surface area contributed by atoms with Gasteiger partial charge in [0.2, 0.25) is 5.60 Å². The predicted molar refractivity (Wildman–Crippen MR) is 113 cm³/mol. The summed E-state index contributed by atoms with van der Waals surface area (Å²) in [6.07, 6.45) is 0. The van der Waals surface area contributed by atoms with Gasteiger partial charge in [-0.25, -0.2) is 0 Å². The smallest absolute Gasteiger partial charge is 0.208 e. The van der Waals surface area contributed by atoms with Crippen molar-refractivity contribution in [1.82, 2.24) is 0 Å². The third kappa shape index (κ3) is 3.41. The number of furan rings is 1. The lowest BCUT2D eigenvalue weighted by Crippen LogP contribution is -2.82. The standard InChI is InChI=1S/C22H24O8S/c1-12-5-10-18(29-12)16-6-8-17(9-7-16)30-19-21(27,14(3)24)22(28,15(4)25)20(26,11-31-19)13(2)23/h5-10,19,26-28H,11H2,1-4H3/t19-,20-,21-,22-/m0/s1. The molecule has 3 N–H and O–H groups in total. The van der Waals surface area contributed by atoms with Crippen molar-refractivity contribution in [3.63, 3.8) is 0 Å². The maximum absolute atomic E-state index is 12.5. The molecule has 0 radical (unpaired) electrons. The molecule has 166 valence electrons. The van der Waals surface area contributed by atoms with Crippen LogP contribution in [0.2, 0.25) is 0 Å². The maximum atomic E-state index is 12.5. The Morgan fingerprint density at radius 1 is 0.968 bits per heavy atom. The number of hydrogen-bond acceptors (Lipinski definition) is 9. The van der Waals surface area contributed by atoms with Crippen LogP contribution in [0.5, 0.6) is 5.75 Å². The molecule has 8 nitrogen and oxygen atoms in total. The first-order chi connectivity index (χ1) is 14.4. The van der Waals surface area contributed by atoms with E-state index in [9.17, 15) is 29.7 Å². The second-order valence-corrected chi connectivity index (χ2v) is 8.75. The number of hydrogen-bond donors (Lipinski definition) is 3. The molecule has 1 aliphatic heterocycles. The quantitative estimate of drug-likeness (QED) is 0.603. The molecule has 0 aliphatic carbocycles. The van der Waals surface area contributed by atoms with Crippen LogP contribution in [-0.4, -0.2) is 60.7 Å². The third-order valence-electron chi connectivity index (χ3n) is 5.69. The minimum absolute atomic E-state index is 0.239.